The molecule has 3 aromatic rings. The SMILES string of the molecule is COc1ccc(-c2nc(NCCCN3CCC[C@@H](C)C3)c3ccccc3n2)cc1. The molecule has 2 heterocycles. The Morgan fingerprint density at radius 3 is 2.72 bits per heavy atom. The van der Waals surface area contributed by atoms with E-state index in [-0.39, 0.29) is 0 Å². The van der Waals surface area contributed by atoms with Crippen molar-refractivity contribution in [1.82, 2.24) is 14.9 Å². The molecule has 0 aliphatic carbocycles. The number of hydrogen-bond donors (Lipinski definition) is 1. The number of para-hydroxylation sites is 1. The van der Waals surface area contributed by atoms with Gasteiger partial charge in [-0.3, -0.25) is 0 Å². The van der Waals surface area contributed by atoms with E-state index in [0.29, 0.717) is 0 Å². The summed E-state index contributed by atoms with van der Waals surface area (Å²) in [6.07, 6.45) is 3.81. The standard InChI is InChI=1S/C24H30N4O/c1-18-7-5-15-28(17-18)16-6-14-25-24-21-8-3-4-9-22(21)26-23(27-24)19-10-12-20(29-2)13-11-19/h3-4,8-13,18H,5-7,14-17H2,1-2H3,(H,25,26,27)/t18-/m1/s1. The second kappa shape index (κ2) is 9.23. The largest absolute Gasteiger partial charge is 0.497 e. The average Bonchev–Trinajstić information content (AvgIpc) is 2.76. The molecule has 1 aliphatic heterocycles. The number of nitrogens with zero attached hydrogens (tertiary/aromatic N) is 3. The van der Waals surface area contributed by atoms with Gasteiger partial charge in [0.05, 0.1) is 12.6 Å². The lowest BCUT2D eigenvalue weighted by Crippen LogP contribution is -2.35. The number of anilines is 1. The highest BCUT2D eigenvalue weighted by molar-refractivity contribution is 5.90. The molecule has 0 spiro atoms. The smallest absolute Gasteiger partial charge is 0.162 e. The normalized spacial score (nSPS) is 17.4. The quantitative estimate of drug-likeness (QED) is 0.585. The Balaban J connectivity index is 1.48. The van der Waals surface area contributed by atoms with Crippen molar-refractivity contribution in [3.05, 3.63) is 48.5 Å². The first-order valence-corrected chi connectivity index (χ1v) is 10.6. The Hall–Kier alpha value is -2.66. The lowest BCUT2D eigenvalue weighted by Gasteiger charge is -2.30. The maximum atomic E-state index is 5.26. The highest BCUT2D eigenvalue weighted by Gasteiger charge is 2.15. The van der Waals surface area contributed by atoms with E-state index in [1.807, 2.05) is 42.5 Å². The molecule has 2 aromatic carbocycles. The van der Waals surface area contributed by atoms with Gasteiger partial charge in [0, 0.05) is 24.0 Å². The van der Waals surface area contributed by atoms with E-state index in [9.17, 15) is 0 Å². The molecule has 5 heteroatoms. The van der Waals surface area contributed by atoms with Gasteiger partial charge >= 0.3 is 0 Å². The van der Waals surface area contributed by atoms with Crippen LogP contribution in [-0.2, 0) is 0 Å². The summed E-state index contributed by atoms with van der Waals surface area (Å²) < 4.78 is 5.26. The second-order valence-electron chi connectivity index (χ2n) is 7.97. The van der Waals surface area contributed by atoms with Crippen molar-refractivity contribution in [1.29, 1.82) is 0 Å². The van der Waals surface area contributed by atoms with Crippen LogP contribution in [0.5, 0.6) is 5.75 Å². The summed E-state index contributed by atoms with van der Waals surface area (Å²) in [5.41, 5.74) is 1.95. The summed E-state index contributed by atoms with van der Waals surface area (Å²) in [6, 6.07) is 16.1. The second-order valence-corrected chi connectivity index (χ2v) is 7.97. The molecule has 0 saturated carbocycles. The first-order chi connectivity index (χ1) is 14.2. The number of fused-ring (bicyclic) bond motifs is 1. The molecule has 1 aliphatic rings. The number of methoxy groups -OCH3 is 1. The topological polar surface area (TPSA) is 50.3 Å². The van der Waals surface area contributed by atoms with Gasteiger partial charge in [-0.25, -0.2) is 9.97 Å². The van der Waals surface area contributed by atoms with Crippen LogP contribution in [-0.4, -0.2) is 48.2 Å². The van der Waals surface area contributed by atoms with E-state index < -0.39 is 0 Å². The Morgan fingerprint density at radius 2 is 1.93 bits per heavy atom. The molecule has 0 bridgehead atoms. The zero-order valence-electron chi connectivity index (χ0n) is 17.4. The number of benzene rings is 2. The Bertz CT molecular complexity index is 941. The fourth-order valence-corrected chi connectivity index (χ4v) is 4.08. The Labute approximate surface area is 173 Å². The first-order valence-electron chi connectivity index (χ1n) is 10.6. The van der Waals surface area contributed by atoms with Gasteiger partial charge in [-0.05, 0) is 74.7 Å². The predicted octanol–water partition coefficient (Wildman–Crippen LogP) is 4.84. The lowest BCUT2D eigenvalue weighted by atomic mass is 10.0. The van der Waals surface area contributed by atoms with Crippen LogP contribution in [0, 0.1) is 5.92 Å². The van der Waals surface area contributed by atoms with Crippen LogP contribution in [0.15, 0.2) is 48.5 Å². The summed E-state index contributed by atoms with van der Waals surface area (Å²) in [4.78, 5) is 12.2. The Morgan fingerprint density at radius 1 is 1.10 bits per heavy atom. The fourth-order valence-electron chi connectivity index (χ4n) is 4.08. The van der Waals surface area contributed by atoms with Crippen LogP contribution in [0.25, 0.3) is 22.3 Å². The van der Waals surface area contributed by atoms with Gasteiger partial charge in [0.1, 0.15) is 11.6 Å². The highest BCUT2D eigenvalue weighted by atomic mass is 16.5. The van der Waals surface area contributed by atoms with Crippen molar-refractivity contribution in [2.75, 3.05) is 38.6 Å². The molecular weight excluding hydrogens is 360 g/mol. The Kier molecular flexibility index (Phi) is 6.25. The average molecular weight is 391 g/mol. The summed E-state index contributed by atoms with van der Waals surface area (Å²) in [5, 5.41) is 4.63. The summed E-state index contributed by atoms with van der Waals surface area (Å²) in [7, 11) is 1.67. The molecule has 4 rings (SSSR count). The van der Waals surface area contributed by atoms with Gasteiger partial charge in [0.2, 0.25) is 0 Å². The number of nitrogens with one attached hydrogen (secondary N) is 1. The van der Waals surface area contributed by atoms with E-state index >= 15 is 0 Å². The molecule has 0 unspecified atom stereocenters. The molecule has 1 aromatic heterocycles. The minimum absolute atomic E-state index is 0.735. The van der Waals surface area contributed by atoms with Crippen molar-refractivity contribution >= 4 is 16.7 Å². The van der Waals surface area contributed by atoms with Gasteiger partial charge in [0.15, 0.2) is 5.82 Å². The maximum absolute atomic E-state index is 5.26. The molecule has 1 saturated heterocycles. The molecule has 0 radical (unpaired) electrons. The van der Waals surface area contributed by atoms with Gasteiger partial charge in [-0.2, -0.15) is 0 Å². The molecule has 1 fully saturated rings. The zero-order valence-corrected chi connectivity index (χ0v) is 17.4. The minimum Gasteiger partial charge on any atom is -0.497 e. The van der Waals surface area contributed by atoms with Crippen LogP contribution in [0.1, 0.15) is 26.2 Å². The molecule has 1 N–H and O–H groups in total. The van der Waals surface area contributed by atoms with Crippen molar-refractivity contribution < 1.29 is 4.74 Å². The third-order valence-electron chi connectivity index (χ3n) is 5.64. The molecule has 0 amide bonds. The molecule has 5 nitrogen and oxygen atoms in total. The third-order valence-corrected chi connectivity index (χ3v) is 5.64. The van der Waals surface area contributed by atoms with Crippen LogP contribution in [0.3, 0.4) is 0 Å². The van der Waals surface area contributed by atoms with Crippen LogP contribution in [0.4, 0.5) is 5.82 Å². The molecule has 152 valence electrons. The van der Waals surface area contributed by atoms with Crippen LogP contribution >= 0.6 is 0 Å². The van der Waals surface area contributed by atoms with Gasteiger partial charge < -0.3 is 15.0 Å². The van der Waals surface area contributed by atoms with E-state index in [1.165, 1.54) is 25.9 Å². The van der Waals surface area contributed by atoms with Crippen LogP contribution < -0.4 is 10.1 Å². The van der Waals surface area contributed by atoms with E-state index in [0.717, 1.165) is 59.3 Å². The number of piperidine rings is 1. The van der Waals surface area contributed by atoms with Crippen molar-refractivity contribution in [3.8, 4) is 17.1 Å². The third kappa shape index (κ3) is 4.85. The molecule has 29 heavy (non-hydrogen) atoms. The summed E-state index contributed by atoms with van der Waals surface area (Å²) >= 11 is 0. The van der Waals surface area contributed by atoms with Crippen molar-refractivity contribution in [3.63, 3.8) is 0 Å². The zero-order chi connectivity index (χ0) is 20.1. The summed E-state index contributed by atoms with van der Waals surface area (Å²) in [5.74, 6) is 3.31. The highest BCUT2D eigenvalue weighted by Crippen LogP contribution is 2.26. The predicted molar refractivity (Wildman–Crippen MR) is 119 cm³/mol. The number of aromatic nitrogens is 2. The first kappa shape index (κ1) is 19.6. The lowest BCUT2D eigenvalue weighted by molar-refractivity contribution is 0.183. The fraction of sp³-hybridized carbons (Fsp3) is 0.417. The number of ether oxygens (including phenoxy) is 1. The monoisotopic (exact) mass is 390 g/mol. The van der Waals surface area contributed by atoms with E-state index in [1.54, 1.807) is 7.11 Å². The van der Waals surface area contributed by atoms with Crippen molar-refractivity contribution in [2.45, 2.75) is 26.2 Å². The summed E-state index contributed by atoms with van der Waals surface area (Å²) in [6.45, 7) is 6.89. The van der Waals surface area contributed by atoms with E-state index in [4.69, 9.17) is 14.7 Å². The number of hydrogen-bond acceptors (Lipinski definition) is 5. The van der Waals surface area contributed by atoms with Crippen LogP contribution in [0.2, 0.25) is 0 Å². The van der Waals surface area contributed by atoms with Gasteiger partial charge in [0.25, 0.3) is 0 Å². The number of rotatable bonds is 7. The minimum atomic E-state index is 0.735. The maximum Gasteiger partial charge on any atom is 0.162 e. The molecular formula is C24H30N4O. The van der Waals surface area contributed by atoms with E-state index in [2.05, 4.69) is 23.2 Å². The van der Waals surface area contributed by atoms with Gasteiger partial charge in [-0.15, -0.1) is 0 Å². The number of likely N-dealkylation sites (tertiary alicyclic amines) is 1. The van der Waals surface area contributed by atoms with Gasteiger partial charge in [-0.1, -0.05) is 19.1 Å². The van der Waals surface area contributed by atoms with Crippen molar-refractivity contribution in [2.24, 2.45) is 5.92 Å². The molecule has 1 atom stereocenters.